The SMILES string of the molecule is Cc1nc(C2CC2C)nc(C)c1C(=O)O. The molecule has 1 aromatic heterocycles. The van der Waals surface area contributed by atoms with E-state index in [1.54, 1.807) is 13.8 Å². The van der Waals surface area contributed by atoms with Gasteiger partial charge >= 0.3 is 5.97 Å². The highest BCUT2D eigenvalue weighted by Gasteiger charge is 2.37. The molecule has 2 rings (SSSR count). The summed E-state index contributed by atoms with van der Waals surface area (Å²) >= 11 is 0. The smallest absolute Gasteiger partial charge is 0.339 e. The third-order valence-electron chi connectivity index (χ3n) is 2.94. The summed E-state index contributed by atoms with van der Waals surface area (Å²) in [6.07, 6.45) is 1.12. The summed E-state index contributed by atoms with van der Waals surface area (Å²) < 4.78 is 0. The van der Waals surface area contributed by atoms with Gasteiger partial charge in [-0.15, -0.1) is 0 Å². The van der Waals surface area contributed by atoms with E-state index in [9.17, 15) is 4.79 Å². The Labute approximate surface area is 88.4 Å². The van der Waals surface area contributed by atoms with Crippen LogP contribution in [0.5, 0.6) is 0 Å². The van der Waals surface area contributed by atoms with Crippen molar-refractivity contribution in [1.82, 2.24) is 9.97 Å². The van der Waals surface area contributed by atoms with Crippen molar-refractivity contribution in [3.05, 3.63) is 22.8 Å². The van der Waals surface area contributed by atoms with Gasteiger partial charge in [0.1, 0.15) is 11.4 Å². The average Bonchev–Trinajstić information content (AvgIpc) is 2.80. The van der Waals surface area contributed by atoms with Crippen LogP contribution in [-0.4, -0.2) is 21.0 Å². The topological polar surface area (TPSA) is 63.1 Å². The number of hydrogen-bond donors (Lipinski definition) is 1. The van der Waals surface area contributed by atoms with Gasteiger partial charge in [-0.1, -0.05) is 6.92 Å². The number of hydrogen-bond acceptors (Lipinski definition) is 3. The molecule has 1 fully saturated rings. The van der Waals surface area contributed by atoms with Crippen molar-refractivity contribution in [3.8, 4) is 0 Å². The molecule has 0 amide bonds. The fourth-order valence-corrected chi connectivity index (χ4v) is 1.90. The summed E-state index contributed by atoms with van der Waals surface area (Å²) in [7, 11) is 0. The van der Waals surface area contributed by atoms with Gasteiger partial charge in [-0.3, -0.25) is 0 Å². The Morgan fingerprint density at radius 3 is 2.13 bits per heavy atom. The van der Waals surface area contributed by atoms with E-state index >= 15 is 0 Å². The lowest BCUT2D eigenvalue weighted by Crippen LogP contribution is -2.09. The van der Waals surface area contributed by atoms with Gasteiger partial charge < -0.3 is 5.11 Å². The standard InChI is InChI=1S/C11H14N2O2/c1-5-4-8(5)10-12-6(2)9(11(14)15)7(3)13-10/h5,8H,4H2,1-3H3,(H,14,15). The number of nitrogens with zero attached hydrogens (tertiary/aromatic N) is 2. The number of aromatic carboxylic acids is 1. The summed E-state index contributed by atoms with van der Waals surface area (Å²) in [5.41, 5.74) is 1.39. The molecule has 0 spiro atoms. The largest absolute Gasteiger partial charge is 0.478 e. The van der Waals surface area contributed by atoms with E-state index < -0.39 is 5.97 Å². The highest BCUT2D eigenvalue weighted by Crippen LogP contribution is 2.45. The minimum absolute atomic E-state index is 0.243. The molecule has 1 aliphatic rings. The zero-order chi connectivity index (χ0) is 11.2. The van der Waals surface area contributed by atoms with Crippen molar-refractivity contribution < 1.29 is 9.90 Å². The van der Waals surface area contributed by atoms with Crippen LogP contribution in [0.25, 0.3) is 0 Å². The number of rotatable bonds is 2. The van der Waals surface area contributed by atoms with Crippen molar-refractivity contribution in [2.45, 2.75) is 33.1 Å². The van der Waals surface area contributed by atoms with E-state index in [1.807, 2.05) is 0 Å². The first-order chi connectivity index (χ1) is 7.00. The lowest BCUT2D eigenvalue weighted by Gasteiger charge is -2.06. The van der Waals surface area contributed by atoms with Gasteiger partial charge in [-0.05, 0) is 26.2 Å². The first-order valence-electron chi connectivity index (χ1n) is 5.09. The Bertz CT molecular complexity index is 406. The van der Waals surface area contributed by atoms with Crippen LogP contribution in [0.15, 0.2) is 0 Å². The maximum atomic E-state index is 10.9. The summed E-state index contributed by atoms with van der Waals surface area (Å²) in [6, 6.07) is 0. The van der Waals surface area contributed by atoms with E-state index in [2.05, 4.69) is 16.9 Å². The molecule has 0 saturated heterocycles. The van der Waals surface area contributed by atoms with Crippen LogP contribution in [0.1, 0.15) is 46.8 Å². The van der Waals surface area contributed by atoms with Crippen molar-refractivity contribution in [1.29, 1.82) is 0 Å². The molecule has 0 aliphatic heterocycles. The van der Waals surface area contributed by atoms with Crippen LogP contribution in [0.2, 0.25) is 0 Å². The van der Waals surface area contributed by atoms with Gasteiger partial charge in [0.25, 0.3) is 0 Å². The van der Waals surface area contributed by atoms with Crippen LogP contribution < -0.4 is 0 Å². The fourth-order valence-electron chi connectivity index (χ4n) is 1.90. The molecule has 4 heteroatoms. The van der Waals surface area contributed by atoms with E-state index in [4.69, 9.17) is 5.11 Å². The van der Waals surface area contributed by atoms with Crippen molar-refractivity contribution >= 4 is 5.97 Å². The number of carboxylic acid groups (broad SMARTS) is 1. The molecule has 1 aliphatic carbocycles. The van der Waals surface area contributed by atoms with E-state index in [-0.39, 0.29) is 5.56 Å². The summed E-state index contributed by atoms with van der Waals surface area (Å²) in [5, 5.41) is 8.96. The summed E-state index contributed by atoms with van der Waals surface area (Å²) in [5.74, 6) is 0.938. The molecular weight excluding hydrogens is 192 g/mol. The zero-order valence-electron chi connectivity index (χ0n) is 9.11. The Hall–Kier alpha value is -1.45. The van der Waals surface area contributed by atoms with Crippen molar-refractivity contribution in [2.24, 2.45) is 5.92 Å². The maximum absolute atomic E-state index is 10.9. The number of carbonyl (C=O) groups is 1. The Morgan fingerprint density at radius 1 is 1.33 bits per heavy atom. The molecule has 2 unspecified atom stereocenters. The van der Waals surface area contributed by atoms with Crippen molar-refractivity contribution in [2.75, 3.05) is 0 Å². The quantitative estimate of drug-likeness (QED) is 0.802. The molecule has 2 atom stereocenters. The van der Waals surface area contributed by atoms with Crippen LogP contribution in [-0.2, 0) is 0 Å². The molecule has 4 nitrogen and oxygen atoms in total. The van der Waals surface area contributed by atoms with E-state index in [0.29, 0.717) is 23.2 Å². The Kier molecular flexibility index (Phi) is 2.21. The number of carboxylic acids is 1. The molecule has 1 saturated carbocycles. The molecule has 0 aromatic carbocycles. The van der Waals surface area contributed by atoms with E-state index in [1.165, 1.54) is 0 Å². The Morgan fingerprint density at radius 2 is 1.80 bits per heavy atom. The first kappa shape index (κ1) is 10.1. The minimum Gasteiger partial charge on any atom is -0.478 e. The maximum Gasteiger partial charge on any atom is 0.339 e. The predicted molar refractivity (Wildman–Crippen MR) is 55.0 cm³/mol. The lowest BCUT2D eigenvalue weighted by molar-refractivity contribution is 0.0694. The van der Waals surface area contributed by atoms with Crippen LogP contribution >= 0.6 is 0 Å². The van der Waals surface area contributed by atoms with Crippen LogP contribution in [0.4, 0.5) is 0 Å². The van der Waals surface area contributed by atoms with Crippen LogP contribution in [0, 0.1) is 19.8 Å². The predicted octanol–water partition coefficient (Wildman–Crippen LogP) is 1.92. The van der Waals surface area contributed by atoms with Gasteiger partial charge in [0.2, 0.25) is 0 Å². The second-order valence-electron chi connectivity index (χ2n) is 4.25. The third kappa shape index (κ3) is 1.71. The van der Waals surface area contributed by atoms with Gasteiger partial charge in [0.15, 0.2) is 0 Å². The molecule has 1 N–H and O–H groups in total. The van der Waals surface area contributed by atoms with Gasteiger partial charge in [0, 0.05) is 5.92 Å². The van der Waals surface area contributed by atoms with Gasteiger partial charge in [-0.25, -0.2) is 14.8 Å². The number of aromatic nitrogens is 2. The van der Waals surface area contributed by atoms with Gasteiger partial charge in [-0.2, -0.15) is 0 Å². The molecule has 0 bridgehead atoms. The first-order valence-corrected chi connectivity index (χ1v) is 5.09. The molecule has 0 radical (unpaired) electrons. The fraction of sp³-hybridized carbons (Fsp3) is 0.545. The average molecular weight is 206 g/mol. The highest BCUT2D eigenvalue weighted by atomic mass is 16.4. The molecule has 80 valence electrons. The summed E-state index contributed by atoms with van der Waals surface area (Å²) in [6.45, 7) is 5.62. The normalized spacial score (nSPS) is 23.9. The van der Waals surface area contributed by atoms with Crippen molar-refractivity contribution in [3.63, 3.8) is 0 Å². The second kappa shape index (κ2) is 3.29. The molecule has 15 heavy (non-hydrogen) atoms. The highest BCUT2D eigenvalue weighted by molar-refractivity contribution is 5.89. The lowest BCUT2D eigenvalue weighted by atomic mass is 10.1. The summed E-state index contributed by atoms with van der Waals surface area (Å²) in [4.78, 5) is 19.5. The minimum atomic E-state index is -0.944. The molecule has 1 aromatic rings. The third-order valence-corrected chi connectivity index (χ3v) is 2.94. The second-order valence-corrected chi connectivity index (χ2v) is 4.25. The van der Waals surface area contributed by atoms with Gasteiger partial charge in [0.05, 0.1) is 11.4 Å². The zero-order valence-corrected chi connectivity index (χ0v) is 9.11. The molecule has 1 heterocycles. The Balaban J connectivity index is 2.43. The number of aryl methyl sites for hydroxylation is 2. The van der Waals surface area contributed by atoms with E-state index in [0.717, 1.165) is 12.2 Å². The van der Waals surface area contributed by atoms with Crippen LogP contribution in [0.3, 0.4) is 0 Å². The molecular formula is C11H14N2O2. The monoisotopic (exact) mass is 206 g/mol.